The first-order valence-corrected chi connectivity index (χ1v) is 3.97. The van der Waals surface area contributed by atoms with Gasteiger partial charge >= 0.3 is 0 Å². The van der Waals surface area contributed by atoms with Crippen LogP contribution in [-0.4, -0.2) is 43.9 Å². The second kappa shape index (κ2) is 2.51. The molecule has 0 radical (unpaired) electrons. The third-order valence-corrected chi connectivity index (χ3v) is 1.97. The number of quaternary nitrogens is 1. The molecule has 2 atom stereocenters. The SMILES string of the molecule is C[C@@H]1C[N+](C)(C)C[C@H](C)O1. The Kier molecular flexibility index (Phi) is 2.02. The highest BCUT2D eigenvalue weighted by Gasteiger charge is 2.29. The molecule has 2 nitrogen and oxygen atoms in total. The van der Waals surface area contributed by atoms with Gasteiger partial charge in [-0.25, -0.2) is 0 Å². The van der Waals surface area contributed by atoms with Gasteiger partial charge in [0.15, 0.2) is 0 Å². The zero-order valence-electron chi connectivity index (χ0n) is 7.42. The molecule has 60 valence electrons. The standard InChI is InChI=1S/C8H18NO/c1-7-5-9(3,4)6-8(2)10-7/h7-8H,5-6H2,1-4H3/q+1/t7-,8+. The molecule has 1 aliphatic heterocycles. The van der Waals surface area contributed by atoms with Crippen molar-refractivity contribution in [2.45, 2.75) is 26.1 Å². The van der Waals surface area contributed by atoms with Gasteiger partial charge in [-0.2, -0.15) is 0 Å². The van der Waals surface area contributed by atoms with Gasteiger partial charge < -0.3 is 9.22 Å². The number of nitrogens with zero attached hydrogens (tertiary/aromatic N) is 1. The summed E-state index contributed by atoms with van der Waals surface area (Å²) in [4.78, 5) is 0. The highest BCUT2D eigenvalue weighted by Crippen LogP contribution is 2.13. The van der Waals surface area contributed by atoms with Crippen molar-refractivity contribution >= 4 is 0 Å². The summed E-state index contributed by atoms with van der Waals surface area (Å²) < 4.78 is 6.71. The van der Waals surface area contributed by atoms with Gasteiger partial charge in [0.1, 0.15) is 25.3 Å². The molecule has 1 aliphatic rings. The first kappa shape index (κ1) is 8.02. The molecule has 1 saturated heterocycles. The lowest BCUT2D eigenvalue weighted by molar-refractivity contribution is -0.905. The van der Waals surface area contributed by atoms with Gasteiger partial charge in [-0.15, -0.1) is 0 Å². The summed E-state index contributed by atoms with van der Waals surface area (Å²) in [6, 6.07) is 0. The average molecular weight is 144 g/mol. The molecular weight excluding hydrogens is 126 g/mol. The largest absolute Gasteiger partial charge is 0.364 e. The van der Waals surface area contributed by atoms with Crippen LogP contribution in [0, 0.1) is 0 Å². The smallest absolute Gasteiger partial charge is 0.105 e. The molecule has 0 spiro atoms. The fourth-order valence-corrected chi connectivity index (χ4v) is 1.95. The minimum Gasteiger partial charge on any atom is -0.364 e. The molecule has 1 rings (SSSR count). The summed E-state index contributed by atoms with van der Waals surface area (Å²) in [5, 5.41) is 0. The number of hydrogen-bond donors (Lipinski definition) is 0. The molecule has 0 aromatic heterocycles. The predicted octanol–water partition coefficient (Wildman–Crippen LogP) is 0.870. The van der Waals surface area contributed by atoms with Gasteiger partial charge in [-0.05, 0) is 13.8 Å². The molecule has 0 N–H and O–H groups in total. The maximum atomic E-state index is 5.61. The molecule has 10 heavy (non-hydrogen) atoms. The fraction of sp³-hybridized carbons (Fsp3) is 1.00. The van der Waals surface area contributed by atoms with Crippen LogP contribution in [0.1, 0.15) is 13.8 Å². The lowest BCUT2D eigenvalue weighted by atomic mass is 10.2. The second-order valence-electron chi connectivity index (χ2n) is 4.06. The quantitative estimate of drug-likeness (QED) is 0.458. The number of morpholine rings is 1. The van der Waals surface area contributed by atoms with E-state index in [2.05, 4.69) is 27.9 Å². The highest BCUT2D eigenvalue weighted by molar-refractivity contribution is 4.60. The molecule has 1 fully saturated rings. The fourth-order valence-electron chi connectivity index (χ4n) is 1.95. The van der Waals surface area contributed by atoms with Gasteiger partial charge in [0.25, 0.3) is 0 Å². The van der Waals surface area contributed by atoms with Gasteiger partial charge in [0.2, 0.25) is 0 Å². The van der Waals surface area contributed by atoms with Crippen LogP contribution < -0.4 is 0 Å². The average Bonchev–Trinajstić information content (AvgIpc) is 1.54. The van der Waals surface area contributed by atoms with Crippen LogP contribution in [0.4, 0.5) is 0 Å². The number of hydrogen-bond acceptors (Lipinski definition) is 1. The monoisotopic (exact) mass is 144 g/mol. The summed E-state index contributed by atoms with van der Waals surface area (Å²) in [5.74, 6) is 0. The normalized spacial score (nSPS) is 39.6. The van der Waals surface area contributed by atoms with Crippen LogP contribution in [0.3, 0.4) is 0 Å². The third kappa shape index (κ3) is 1.96. The molecule has 0 aromatic carbocycles. The van der Waals surface area contributed by atoms with Crippen molar-refractivity contribution in [1.82, 2.24) is 0 Å². The first-order valence-electron chi connectivity index (χ1n) is 3.97. The maximum Gasteiger partial charge on any atom is 0.105 e. The molecule has 0 saturated carbocycles. The Morgan fingerprint density at radius 3 is 1.80 bits per heavy atom. The lowest BCUT2D eigenvalue weighted by Gasteiger charge is -2.39. The Morgan fingerprint density at radius 1 is 1.10 bits per heavy atom. The van der Waals surface area contributed by atoms with E-state index in [4.69, 9.17) is 4.74 Å². The summed E-state index contributed by atoms with van der Waals surface area (Å²) in [5.41, 5.74) is 0. The summed E-state index contributed by atoms with van der Waals surface area (Å²) >= 11 is 0. The number of likely N-dealkylation sites (N-methyl/N-ethyl adjacent to an activating group) is 1. The lowest BCUT2D eigenvalue weighted by Crippen LogP contribution is -2.54. The Labute approximate surface area is 63.4 Å². The van der Waals surface area contributed by atoms with Crippen LogP contribution in [0.2, 0.25) is 0 Å². The van der Waals surface area contributed by atoms with Crippen molar-refractivity contribution in [2.75, 3.05) is 27.2 Å². The minimum atomic E-state index is 0.429. The van der Waals surface area contributed by atoms with Crippen LogP contribution in [0.15, 0.2) is 0 Å². The maximum absolute atomic E-state index is 5.61. The zero-order chi connectivity index (χ0) is 7.78. The van der Waals surface area contributed by atoms with E-state index < -0.39 is 0 Å². The van der Waals surface area contributed by atoms with Gasteiger partial charge in [0, 0.05) is 0 Å². The van der Waals surface area contributed by atoms with E-state index in [1.165, 1.54) is 0 Å². The molecule has 2 heteroatoms. The molecule has 0 aromatic rings. The van der Waals surface area contributed by atoms with Crippen molar-refractivity contribution in [3.63, 3.8) is 0 Å². The van der Waals surface area contributed by atoms with Crippen molar-refractivity contribution < 1.29 is 9.22 Å². The predicted molar refractivity (Wildman–Crippen MR) is 41.9 cm³/mol. The molecule has 1 heterocycles. The molecule has 0 unspecified atom stereocenters. The van der Waals surface area contributed by atoms with Crippen LogP contribution in [0.25, 0.3) is 0 Å². The Balaban J connectivity index is 2.51. The number of rotatable bonds is 0. The van der Waals surface area contributed by atoms with E-state index in [9.17, 15) is 0 Å². The van der Waals surface area contributed by atoms with E-state index in [0.29, 0.717) is 12.2 Å². The van der Waals surface area contributed by atoms with Gasteiger partial charge in [-0.3, -0.25) is 0 Å². The Morgan fingerprint density at radius 2 is 1.50 bits per heavy atom. The summed E-state index contributed by atoms with van der Waals surface area (Å²) in [6.07, 6.45) is 0.859. The van der Waals surface area contributed by atoms with E-state index in [1.807, 2.05) is 0 Å². The number of ether oxygens (including phenoxy) is 1. The van der Waals surface area contributed by atoms with E-state index >= 15 is 0 Å². The van der Waals surface area contributed by atoms with Crippen LogP contribution >= 0.6 is 0 Å². The summed E-state index contributed by atoms with van der Waals surface area (Å²) in [6.45, 7) is 6.58. The van der Waals surface area contributed by atoms with Crippen molar-refractivity contribution in [2.24, 2.45) is 0 Å². The van der Waals surface area contributed by atoms with E-state index in [1.54, 1.807) is 0 Å². The van der Waals surface area contributed by atoms with Crippen molar-refractivity contribution in [3.05, 3.63) is 0 Å². The Bertz CT molecular complexity index is 110. The van der Waals surface area contributed by atoms with Gasteiger partial charge in [0.05, 0.1) is 14.1 Å². The highest BCUT2D eigenvalue weighted by atomic mass is 16.5. The van der Waals surface area contributed by atoms with Crippen LogP contribution in [0.5, 0.6) is 0 Å². The van der Waals surface area contributed by atoms with E-state index in [-0.39, 0.29) is 0 Å². The molecule has 0 bridgehead atoms. The second-order valence-corrected chi connectivity index (χ2v) is 4.06. The molecule has 0 amide bonds. The third-order valence-electron chi connectivity index (χ3n) is 1.97. The van der Waals surface area contributed by atoms with Gasteiger partial charge in [-0.1, -0.05) is 0 Å². The van der Waals surface area contributed by atoms with Crippen molar-refractivity contribution in [1.29, 1.82) is 0 Å². The Hall–Kier alpha value is -0.0800. The van der Waals surface area contributed by atoms with E-state index in [0.717, 1.165) is 17.6 Å². The van der Waals surface area contributed by atoms with Crippen LogP contribution in [-0.2, 0) is 4.74 Å². The summed E-state index contributed by atoms with van der Waals surface area (Å²) in [7, 11) is 4.52. The minimum absolute atomic E-state index is 0.429. The molecular formula is C8H18NO+. The topological polar surface area (TPSA) is 9.23 Å². The van der Waals surface area contributed by atoms with Crippen molar-refractivity contribution in [3.8, 4) is 0 Å². The zero-order valence-corrected chi connectivity index (χ0v) is 7.42. The first-order chi connectivity index (χ1) is 4.49. The molecule has 0 aliphatic carbocycles.